The lowest BCUT2D eigenvalue weighted by molar-refractivity contribution is 0.100. The SMILES string of the molecule is CC(CS(C)(=O)=O)Nc1cccc(C(N)=O)c1. The fraction of sp³-hybridized carbons (Fsp3) is 0.364. The van der Waals surface area contributed by atoms with Gasteiger partial charge < -0.3 is 11.1 Å². The van der Waals surface area contributed by atoms with E-state index < -0.39 is 15.7 Å². The Labute approximate surface area is 101 Å². The lowest BCUT2D eigenvalue weighted by Gasteiger charge is -2.14. The largest absolute Gasteiger partial charge is 0.382 e. The van der Waals surface area contributed by atoms with Gasteiger partial charge in [0.1, 0.15) is 9.84 Å². The first kappa shape index (κ1) is 13.5. The highest BCUT2D eigenvalue weighted by atomic mass is 32.2. The van der Waals surface area contributed by atoms with Gasteiger partial charge in [0.15, 0.2) is 0 Å². The Bertz CT molecular complexity index is 511. The molecular formula is C11H16N2O3S. The molecule has 6 heteroatoms. The zero-order valence-electron chi connectivity index (χ0n) is 9.80. The van der Waals surface area contributed by atoms with Crippen LogP contribution in [-0.2, 0) is 9.84 Å². The molecule has 0 aromatic heterocycles. The third kappa shape index (κ3) is 4.86. The molecule has 0 aliphatic rings. The monoisotopic (exact) mass is 256 g/mol. The van der Waals surface area contributed by atoms with Crippen LogP contribution < -0.4 is 11.1 Å². The predicted octanol–water partition coefficient (Wildman–Crippen LogP) is 0.631. The van der Waals surface area contributed by atoms with Crippen molar-refractivity contribution in [2.45, 2.75) is 13.0 Å². The number of anilines is 1. The van der Waals surface area contributed by atoms with Crippen LogP contribution in [0.5, 0.6) is 0 Å². The number of sulfone groups is 1. The van der Waals surface area contributed by atoms with Crippen LogP contribution in [0.3, 0.4) is 0 Å². The number of hydrogen-bond donors (Lipinski definition) is 2. The highest BCUT2D eigenvalue weighted by Gasteiger charge is 2.10. The first-order valence-corrected chi connectivity index (χ1v) is 7.18. The van der Waals surface area contributed by atoms with Crippen LogP contribution in [-0.4, -0.2) is 32.4 Å². The maximum Gasteiger partial charge on any atom is 0.248 e. The molecular weight excluding hydrogens is 240 g/mol. The fourth-order valence-electron chi connectivity index (χ4n) is 1.54. The number of benzene rings is 1. The minimum Gasteiger partial charge on any atom is -0.382 e. The summed E-state index contributed by atoms with van der Waals surface area (Å²) in [4.78, 5) is 11.0. The fourth-order valence-corrected chi connectivity index (χ4v) is 2.53. The van der Waals surface area contributed by atoms with Crippen molar-refractivity contribution in [2.24, 2.45) is 5.73 Å². The summed E-state index contributed by atoms with van der Waals surface area (Å²) < 4.78 is 22.2. The van der Waals surface area contributed by atoms with Crippen LogP contribution >= 0.6 is 0 Å². The van der Waals surface area contributed by atoms with E-state index in [1.54, 1.807) is 31.2 Å². The molecule has 5 nitrogen and oxygen atoms in total. The molecule has 0 bridgehead atoms. The van der Waals surface area contributed by atoms with E-state index in [2.05, 4.69) is 5.32 Å². The van der Waals surface area contributed by atoms with Gasteiger partial charge in [0.2, 0.25) is 5.91 Å². The molecule has 1 aromatic carbocycles. The number of nitrogens with two attached hydrogens (primary N) is 1. The number of carbonyl (C=O) groups is 1. The minimum absolute atomic E-state index is 0.0355. The van der Waals surface area contributed by atoms with E-state index in [4.69, 9.17) is 5.73 Å². The molecule has 1 atom stereocenters. The van der Waals surface area contributed by atoms with E-state index >= 15 is 0 Å². The van der Waals surface area contributed by atoms with Gasteiger partial charge in [0.05, 0.1) is 5.75 Å². The van der Waals surface area contributed by atoms with Crippen LogP contribution in [0.1, 0.15) is 17.3 Å². The highest BCUT2D eigenvalue weighted by Crippen LogP contribution is 2.11. The van der Waals surface area contributed by atoms with Crippen LogP contribution in [0.25, 0.3) is 0 Å². The Hall–Kier alpha value is -1.56. The molecule has 0 aliphatic heterocycles. The van der Waals surface area contributed by atoms with E-state index in [0.29, 0.717) is 11.3 Å². The molecule has 0 heterocycles. The summed E-state index contributed by atoms with van der Waals surface area (Å²) in [6.07, 6.45) is 1.19. The number of hydrogen-bond acceptors (Lipinski definition) is 4. The molecule has 1 amide bonds. The molecule has 0 saturated carbocycles. The van der Waals surface area contributed by atoms with Crippen molar-refractivity contribution in [2.75, 3.05) is 17.3 Å². The minimum atomic E-state index is -3.02. The smallest absolute Gasteiger partial charge is 0.248 e. The molecule has 1 unspecified atom stereocenters. The first-order chi connectivity index (χ1) is 7.78. The Kier molecular flexibility index (Phi) is 4.11. The van der Waals surface area contributed by atoms with E-state index in [-0.39, 0.29) is 11.8 Å². The van der Waals surface area contributed by atoms with Crippen LogP contribution in [0, 0.1) is 0 Å². The lowest BCUT2D eigenvalue weighted by Crippen LogP contribution is -2.25. The molecule has 1 rings (SSSR count). The Balaban J connectivity index is 2.75. The third-order valence-electron chi connectivity index (χ3n) is 2.11. The zero-order valence-corrected chi connectivity index (χ0v) is 10.6. The third-order valence-corrected chi connectivity index (χ3v) is 3.22. The van der Waals surface area contributed by atoms with Crippen molar-refractivity contribution in [3.05, 3.63) is 29.8 Å². The summed E-state index contributed by atoms with van der Waals surface area (Å²) in [5.41, 5.74) is 6.22. The van der Waals surface area contributed by atoms with Gasteiger partial charge in [-0.25, -0.2) is 8.42 Å². The van der Waals surface area contributed by atoms with Crippen LogP contribution in [0.2, 0.25) is 0 Å². The zero-order chi connectivity index (χ0) is 13.1. The number of primary amides is 1. The Morgan fingerprint density at radius 3 is 2.65 bits per heavy atom. The van der Waals surface area contributed by atoms with E-state index in [9.17, 15) is 13.2 Å². The summed E-state index contributed by atoms with van der Waals surface area (Å²) in [6, 6.07) is 6.42. The maximum atomic E-state index is 11.1. The van der Waals surface area contributed by atoms with Gasteiger partial charge in [-0.15, -0.1) is 0 Å². The van der Waals surface area contributed by atoms with Crippen molar-refractivity contribution in [1.29, 1.82) is 0 Å². The molecule has 94 valence electrons. The summed E-state index contributed by atoms with van der Waals surface area (Å²) >= 11 is 0. The average Bonchev–Trinajstić information content (AvgIpc) is 2.14. The van der Waals surface area contributed by atoms with Gasteiger partial charge >= 0.3 is 0 Å². The number of nitrogens with one attached hydrogen (secondary N) is 1. The van der Waals surface area contributed by atoms with Crippen LogP contribution in [0.4, 0.5) is 5.69 Å². The molecule has 17 heavy (non-hydrogen) atoms. The quantitative estimate of drug-likeness (QED) is 0.808. The second kappa shape index (κ2) is 5.18. The highest BCUT2D eigenvalue weighted by molar-refractivity contribution is 7.90. The summed E-state index contributed by atoms with van der Waals surface area (Å²) in [5.74, 6) is -0.474. The van der Waals surface area contributed by atoms with Gasteiger partial charge in [-0.3, -0.25) is 4.79 Å². The summed E-state index contributed by atoms with van der Waals surface area (Å²) in [6.45, 7) is 1.76. The van der Waals surface area contributed by atoms with E-state index in [1.807, 2.05) is 0 Å². The van der Waals surface area contributed by atoms with Crippen molar-refractivity contribution >= 4 is 21.4 Å². The van der Waals surface area contributed by atoms with Gasteiger partial charge in [0.25, 0.3) is 0 Å². The number of carbonyl (C=O) groups excluding carboxylic acids is 1. The number of amides is 1. The number of rotatable bonds is 5. The van der Waals surface area contributed by atoms with E-state index in [0.717, 1.165) is 0 Å². The summed E-state index contributed by atoms with van der Waals surface area (Å²) in [5, 5.41) is 3.01. The predicted molar refractivity (Wildman–Crippen MR) is 67.8 cm³/mol. The maximum absolute atomic E-state index is 11.1. The second-order valence-corrected chi connectivity index (χ2v) is 6.27. The molecule has 0 saturated heterocycles. The topological polar surface area (TPSA) is 89.3 Å². The second-order valence-electron chi connectivity index (χ2n) is 4.08. The van der Waals surface area contributed by atoms with Crippen molar-refractivity contribution in [1.82, 2.24) is 0 Å². The Morgan fingerprint density at radius 1 is 1.47 bits per heavy atom. The molecule has 0 aliphatic carbocycles. The lowest BCUT2D eigenvalue weighted by atomic mass is 10.2. The van der Waals surface area contributed by atoms with Crippen LogP contribution in [0.15, 0.2) is 24.3 Å². The van der Waals surface area contributed by atoms with Gasteiger partial charge in [-0.05, 0) is 25.1 Å². The summed E-state index contributed by atoms with van der Waals surface area (Å²) in [7, 11) is -3.02. The molecule has 1 aromatic rings. The van der Waals surface area contributed by atoms with Gasteiger partial charge in [-0.2, -0.15) is 0 Å². The van der Waals surface area contributed by atoms with Gasteiger partial charge in [0, 0.05) is 23.5 Å². The standard InChI is InChI=1S/C11H16N2O3S/c1-8(7-17(2,15)16)13-10-5-3-4-9(6-10)11(12)14/h3-6,8,13H,7H2,1-2H3,(H2,12,14). The van der Waals surface area contributed by atoms with Crippen molar-refractivity contribution in [3.8, 4) is 0 Å². The van der Waals surface area contributed by atoms with E-state index in [1.165, 1.54) is 6.26 Å². The molecule has 0 radical (unpaired) electrons. The normalized spacial score (nSPS) is 13.1. The molecule has 0 fully saturated rings. The van der Waals surface area contributed by atoms with Crippen molar-refractivity contribution in [3.63, 3.8) is 0 Å². The molecule has 0 spiro atoms. The average molecular weight is 256 g/mol. The van der Waals surface area contributed by atoms with Crippen molar-refractivity contribution < 1.29 is 13.2 Å². The van der Waals surface area contributed by atoms with Gasteiger partial charge in [-0.1, -0.05) is 6.07 Å². The Morgan fingerprint density at radius 2 is 2.12 bits per heavy atom. The first-order valence-electron chi connectivity index (χ1n) is 5.12. The molecule has 3 N–H and O–H groups in total.